The number of nitro benzene ring substituents is 1. The summed E-state index contributed by atoms with van der Waals surface area (Å²) in [4.78, 5) is 35.6. The van der Waals surface area contributed by atoms with Crippen LogP contribution in [0.15, 0.2) is 53.4 Å². The standard InChI is InChI=1S/C24H27ClN4O6S/c25-20-13-12-19(15-22(20)29(32)33)36(34,35)28-14-4-7-21(28)24(31)27-18-10-8-17(9-11-18)26-23(30)16-5-2-1-3-6-16/h1-3,5-6,12-13,15,17-18,21H,4,7-11,14H2,(H,26,30)(H,27,31)/t17?,18?,21-/m0/s1. The summed E-state index contributed by atoms with van der Waals surface area (Å²) in [7, 11) is -4.13. The van der Waals surface area contributed by atoms with E-state index in [1.54, 1.807) is 12.1 Å². The smallest absolute Gasteiger partial charge is 0.289 e. The summed E-state index contributed by atoms with van der Waals surface area (Å²) in [6.45, 7) is 0.148. The van der Waals surface area contributed by atoms with Gasteiger partial charge in [0.15, 0.2) is 0 Å². The number of amides is 2. The average molecular weight is 535 g/mol. The van der Waals surface area contributed by atoms with Crippen LogP contribution in [0.25, 0.3) is 0 Å². The largest absolute Gasteiger partial charge is 0.352 e. The molecule has 10 nitrogen and oxygen atoms in total. The number of halogens is 1. The van der Waals surface area contributed by atoms with Gasteiger partial charge in [-0.25, -0.2) is 8.42 Å². The van der Waals surface area contributed by atoms with Crippen molar-refractivity contribution in [2.45, 2.75) is 61.5 Å². The molecule has 192 valence electrons. The number of benzene rings is 2. The highest BCUT2D eigenvalue weighted by Gasteiger charge is 2.40. The van der Waals surface area contributed by atoms with Crippen molar-refractivity contribution >= 4 is 39.1 Å². The molecule has 2 N–H and O–H groups in total. The number of nitrogens with one attached hydrogen (secondary N) is 2. The highest BCUT2D eigenvalue weighted by molar-refractivity contribution is 7.89. The summed E-state index contributed by atoms with van der Waals surface area (Å²) in [5, 5.41) is 17.0. The second kappa shape index (κ2) is 10.9. The number of carbonyl (C=O) groups is 2. The lowest BCUT2D eigenvalue weighted by atomic mass is 9.90. The van der Waals surface area contributed by atoms with Crippen LogP contribution in [0.2, 0.25) is 5.02 Å². The number of nitro groups is 1. The molecule has 2 fully saturated rings. The topological polar surface area (TPSA) is 139 Å². The third-order valence-electron chi connectivity index (χ3n) is 6.67. The monoisotopic (exact) mass is 534 g/mol. The molecule has 4 rings (SSSR count). The molecule has 1 aliphatic carbocycles. The molecule has 0 aromatic heterocycles. The van der Waals surface area contributed by atoms with Gasteiger partial charge < -0.3 is 10.6 Å². The van der Waals surface area contributed by atoms with Crippen molar-refractivity contribution in [2.75, 3.05) is 6.54 Å². The summed E-state index contributed by atoms with van der Waals surface area (Å²) in [6, 6.07) is 11.3. The molecule has 2 aliphatic rings. The van der Waals surface area contributed by atoms with E-state index in [4.69, 9.17) is 11.6 Å². The van der Waals surface area contributed by atoms with Gasteiger partial charge in [-0.3, -0.25) is 19.7 Å². The number of sulfonamides is 1. The SMILES string of the molecule is O=C(NC1CCC(NC(=O)[C@@H]2CCCN2S(=O)(=O)c2ccc(Cl)c([N+](=O)[O-])c2)CC1)c1ccccc1. The number of rotatable bonds is 7. The third-order valence-corrected chi connectivity index (χ3v) is 8.90. The fourth-order valence-corrected chi connectivity index (χ4v) is 6.62. The maximum absolute atomic E-state index is 13.2. The summed E-state index contributed by atoms with van der Waals surface area (Å²) < 4.78 is 27.6. The quantitative estimate of drug-likeness (QED) is 0.413. The van der Waals surface area contributed by atoms with Crippen molar-refractivity contribution in [3.63, 3.8) is 0 Å². The van der Waals surface area contributed by atoms with Crippen molar-refractivity contribution in [3.8, 4) is 0 Å². The molecule has 12 heteroatoms. The first-order valence-electron chi connectivity index (χ1n) is 11.8. The summed E-state index contributed by atoms with van der Waals surface area (Å²) in [6.07, 6.45) is 3.59. The van der Waals surface area contributed by atoms with Crippen LogP contribution >= 0.6 is 11.6 Å². The Kier molecular flexibility index (Phi) is 7.91. The molecule has 0 bridgehead atoms. The maximum atomic E-state index is 13.2. The van der Waals surface area contributed by atoms with Crippen LogP contribution in [0.4, 0.5) is 5.69 Å². The molecule has 0 radical (unpaired) electrons. The van der Waals surface area contributed by atoms with Crippen LogP contribution in [-0.2, 0) is 14.8 Å². The van der Waals surface area contributed by atoms with E-state index in [1.165, 1.54) is 12.1 Å². The van der Waals surface area contributed by atoms with Gasteiger partial charge in [0.1, 0.15) is 11.1 Å². The summed E-state index contributed by atoms with van der Waals surface area (Å²) in [5.41, 5.74) is 0.0931. The molecule has 0 spiro atoms. The molecule has 1 saturated heterocycles. The minimum atomic E-state index is -4.13. The molecule has 2 aromatic rings. The Morgan fingerprint density at radius 1 is 0.972 bits per heavy atom. The fraction of sp³-hybridized carbons (Fsp3) is 0.417. The van der Waals surface area contributed by atoms with E-state index in [0.29, 0.717) is 44.1 Å². The molecule has 2 amide bonds. The van der Waals surface area contributed by atoms with E-state index in [2.05, 4.69) is 10.6 Å². The number of hydrogen-bond acceptors (Lipinski definition) is 6. The average Bonchev–Trinajstić information content (AvgIpc) is 3.37. The van der Waals surface area contributed by atoms with Gasteiger partial charge in [-0.15, -0.1) is 0 Å². The molecule has 1 heterocycles. The van der Waals surface area contributed by atoms with Crippen molar-refractivity contribution in [1.82, 2.24) is 14.9 Å². The third kappa shape index (κ3) is 5.69. The molecule has 1 atom stereocenters. The number of carbonyl (C=O) groups excluding carboxylic acids is 2. The predicted molar refractivity (Wildman–Crippen MR) is 133 cm³/mol. The minimum absolute atomic E-state index is 0.00918. The number of hydrogen-bond donors (Lipinski definition) is 2. The van der Waals surface area contributed by atoms with Gasteiger partial charge in [-0.2, -0.15) is 4.31 Å². The first-order chi connectivity index (χ1) is 17.2. The lowest BCUT2D eigenvalue weighted by Crippen LogP contribution is -2.50. The van der Waals surface area contributed by atoms with Gasteiger partial charge in [0.2, 0.25) is 15.9 Å². The van der Waals surface area contributed by atoms with E-state index in [1.807, 2.05) is 18.2 Å². The van der Waals surface area contributed by atoms with Gasteiger partial charge in [0.05, 0.1) is 9.82 Å². The predicted octanol–water partition coefficient (Wildman–Crippen LogP) is 3.26. The summed E-state index contributed by atoms with van der Waals surface area (Å²) >= 11 is 5.82. The van der Waals surface area contributed by atoms with Crippen molar-refractivity contribution < 1.29 is 22.9 Å². The highest BCUT2D eigenvalue weighted by Crippen LogP contribution is 2.32. The Labute approximate surface area is 214 Å². The Morgan fingerprint density at radius 3 is 2.25 bits per heavy atom. The van der Waals surface area contributed by atoms with E-state index in [9.17, 15) is 28.1 Å². The second-order valence-corrected chi connectivity index (χ2v) is 11.3. The normalized spacial score (nSPS) is 22.6. The summed E-state index contributed by atoms with van der Waals surface area (Å²) in [5.74, 6) is -0.506. The zero-order valence-electron chi connectivity index (χ0n) is 19.4. The van der Waals surface area contributed by atoms with Crippen LogP contribution < -0.4 is 10.6 Å². The Hall–Kier alpha value is -3.02. The molecule has 2 aromatic carbocycles. The zero-order valence-corrected chi connectivity index (χ0v) is 21.0. The first-order valence-corrected chi connectivity index (χ1v) is 13.6. The van der Waals surface area contributed by atoms with E-state index < -0.39 is 26.7 Å². The fourth-order valence-electron chi connectivity index (χ4n) is 4.76. The van der Waals surface area contributed by atoms with Gasteiger partial charge in [-0.1, -0.05) is 29.8 Å². The lowest BCUT2D eigenvalue weighted by molar-refractivity contribution is -0.384. The van der Waals surface area contributed by atoms with Crippen molar-refractivity contribution in [3.05, 3.63) is 69.2 Å². The zero-order chi connectivity index (χ0) is 25.9. The lowest BCUT2D eigenvalue weighted by Gasteiger charge is -2.31. The Bertz CT molecular complexity index is 1250. The number of nitrogens with zero attached hydrogens (tertiary/aromatic N) is 2. The molecule has 0 unspecified atom stereocenters. The van der Waals surface area contributed by atoms with Gasteiger partial charge in [0.25, 0.3) is 11.6 Å². The van der Waals surface area contributed by atoms with E-state index in [-0.39, 0.29) is 40.4 Å². The van der Waals surface area contributed by atoms with Crippen LogP contribution in [0.1, 0.15) is 48.9 Å². The first kappa shape index (κ1) is 26.1. The van der Waals surface area contributed by atoms with Crippen molar-refractivity contribution in [1.29, 1.82) is 0 Å². The van der Waals surface area contributed by atoms with Gasteiger partial charge in [0, 0.05) is 30.3 Å². The minimum Gasteiger partial charge on any atom is -0.352 e. The van der Waals surface area contributed by atoms with E-state index in [0.717, 1.165) is 10.4 Å². The van der Waals surface area contributed by atoms with Crippen LogP contribution in [0.3, 0.4) is 0 Å². The van der Waals surface area contributed by atoms with Gasteiger partial charge >= 0.3 is 0 Å². The molecule has 1 saturated carbocycles. The maximum Gasteiger partial charge on any atom is 0.289 e. The molecule has 1 aliphatic heterocycles. The van der Waals surface area contributed by atoms with Crippen LogP contribution in [-0.4, -0.2) is 54.1 Å². The Morgan fingerprint density at radius 2 is 1.61 bits per heavy atom. The van der Waals surface area contributed by atoms with Crippen molar-refractivity contribution in [2.24, 2.45) is 0 Å². The van der Waals surface area contributed by atoms with E-state index >= 15 is 0 Å². The van der Waals surface area contributed by atoms with Gasteiger partial charge in [-0.05, 0) is 62.8 Å². The second-order valence-electron chi connectivity index (χ2n) is 9.04. The molecular formula is C24H27ClN4O6S. The highest BCUT2D eigenvalue weighted by atomic mass is 35.5. The molecule has 36 heavy (non-hydrogen) atoms. The van der Waals surface area contributed by atoms with Crippen LogP contribution in [0.5, 0.6) is 0 Å². The van der Waals surface area contributed by atoms with Crippen LogP contribution in [0, 0.1) is 10.1 Å². The Balaban J connectivity index is 1.35. The molecular weight excluding hydrogens is 508 g/mol.